The van der Waals surface area contributed by atoms with Crippen LogP contribution in [0.1, 0.15) is 53.4 Å². The maximum Gasteiger partial charge on any atom is 0.00860 e. The second-order valence-corrected chi connectivity index (χ2v) is 4.55. The highest BCUT2D eigenvalue weighted by atomic mass is 14.3. The molecule has 0 aliphatic heterocycles. The summed E-state index contributed by atoms with van der Waals surface area (Å²) < 4.78 is 0. The Hall–Kier alpha value is -0.440. The van der Waals surface area contributed by atoms with Gasteiger partial charge in [0.25, 0.3) is 0 Å². The molecule has 0 fully saturated rings. The van der Waals surface area contributed by atoms with Crippen molar-refractivity contribution in [3.8, 4) is 12.3 Å². The molecule has 0 radical (unpaired) electrons. The van der Waals surface area contributed by atoms with Crippen molar-refractivity contribution in [2.45, 2.75) is 53.4 Å². The van der Waals surface area contributed by atoms with Crippen LogP contribution < -0.4 is 0 Å². The van der Waals surface area contributed by atoms with Gasteiger partial charge in [0.2, 0.25) is 0 Å². The third kappa shape index (κ3) is 4.44. The highest BCUT2D eigenvalue weighted by molar-refractivity contribution is 4.83. The van der Waals surface area contributed by atoms with Crippen molar-refractivity contribution in [2.75, 3.05) is 0 Å². The minimum absolute atomic E-state index is 0.481. The first-order chi connectivity index (χ1) is 5.50. The van der Waals surface area contributed by atoms with E-state index in [0.29, 0.717) is 5.41 Å². The monoisotopic (exact) mass is 166 g/mol. The van der Waals surface area contributed by atoms with E-state index in [1.54, 1.807) is 0 Å². The third-order valence-electron chi connectivity index (χ3n) is 2.96. The molecule has 0 saturated carbocycles. The second kappa shape index (κ2) is 5.25. The Bertz CT molecular complexity index is 146. The van der Waals surface area contributed by atoms with Crippen LogP contribution in [0.15, 0.2) is 0 Å². The van der Waals surface area contributed by atoms with Gasteiger partial charge in [-0.1, -0.05) is 34.1 Å². The van der Waals surface area contributed by atoms with E-state index in [9.17, 15) is 0 Å². The quantitative estimate of drug-likeness (QED) is 0.430. The summed E-state index contributed by atoms with van der Waals surface area (Å²) in [5, 5.41) is 0. The normalized spacial score (nSPS) is 11.7. The molecule has 0 atom stereocenters. The van der Waals surface area contributed by atoms with E-state index in [1.807, 2.05) is 0 Å². The maximum atomic E-state index is 5.19. The van der Waals surface area contributed by atoms with Crippen LogP contribution in [-0.4, -0.2) is 0 Å². The smallest absolute Gasteiger partial charge is 0.00860 e. The SMILES string of the molecule is C#CCCCCC(C)(C)C(C)C. The molecule has 0 aromatic carbocycles. The van der Waals surface area contributed by atoms with Gasteiger partial charge in [0.15, 0.2) is 0 Å². The molecule has 0 heteroatoms. The zero-order valence-electron chi connectivity index (χ0n) is 8.98. The molecular weight excluding hydrogens is 144 g/mol. The van der Waals surface area contributed by atoms with E-state index in [0.717, 1.165) is 12.3 Å². The molecule has 0 aromatic heterocycles. The summed E-state index contributed by atoms with van der Waals surface area (Å²) in [7, 11) is 0. The van der Waals surface area contributed by atoms with E-state index in [1.165, 1.54) is 19.3 Å². The van der Waals surface area contributed by atoms with Crippen LogP contribution in [0.2, 0.25) is 0 Å². The van der Waals surface area contributed by atoms with Crippen LogP contribution in [-0.2, 0) is 0 Å². The molecule has 0 aliphatic carbocycles. The third-order valence-corrected chi connectivity index (χ3v) is 2.96. The van der Waals surface area contributed by atoms with Crippen molar-refractivity contribution in [3.63, 3.8) is 0 Å². The van der Waals surface area contributed by atoms with Crippen LogP contribution in [0.3, 0.4) is 0 Å². The summed E-state index contributed by atoms with van der Waals surface area (Å²) in [6.07, 6.45) is 9.89. The minimum atomic E-state index is 0.481. The van der Waals surface area contributed by atoms with Crippen molar-refractivity contribution in [1.29, 1.82) is 0 Å². The molecule has 0 unspecified atom stereocenters. The minimum Gasteiger partial charge on any atom is -0.120 e. The molecule has 0 rings (SSSR count). The molecule has 0 aliphatic rings. The van der Waals surface area contributed by atoms with E-state index >= 15 is 0 Å². The highest BCUT2D eigenvalue weighted by Gasteiger charge is 2.20. The zero-order valence-corrected chi connectivity index (χ0v) is 8.98. The lowest BCUT2D eigenvalue weighted by molar-refractivity contribution is 0.222. The number of unbranched alkanes of at least 4 members (excludes halogenated alkanes) is 2. The Morgan fingerprint density at radius 2 is 1.83 bits per heavy atom. The molecule has 0 aromatic rings. The lowest BCUT2D eigenvalue weighted by atomic mass is 9.77. The van der Waals surface area contributed by atoms with Gasteiger partial charge in [-0.25, -0.2) is 0 Å². The van der Waals surface area contributed by atoms with Gasteiger partial charge in [-0.3, -0.25) is 0 Å². The van der Waals surface area contributed by atoms with Crippen LogP contribution in [0.25, 0.3) is 0 Å². The predicted octanol–water partition coefficient (Wildman–Crippen LogP) is 3.86. The fraction of sp³-hybridized carbons (Fsp3) is 0.833. The van der Waals surface area contributed by atoms with Gasteiger partial charge >= 0.3 is 0 Å². The largest absolute Gasteiger partial charge is 0.120 e. The second-order valence-electron chi connectivity index (χ2n) is 4.55. The van der Waals surface area contributed by atoms with Crippen molar-refractivity contribution in [3.05, 3.63) is 0 Å². The fourth-order valence-electron chi connectivity index (χ4n) is 1.10. The fourth-order valence-corrected chi connectivity index (χ4v) is 1.10. The van der Waals surface area contributed by atoms with Crippen LogP contribution in [0.5, 0.6) is 0 Å². The summed E-state index contributed by atoms with van der Waals surface area (Å²) in [6.45, 7) is 9.27. The molecule has 0 nitrogen and oxygen atoms in total. The highest BCUT2D eigenvalue weighted by Crippen LogP contribution is 2.31. The van der Waals surface area contributed by atoms with Crippen molar-refractivity contribution >= 4 is 0 Å². The first kappa shape index (κ1) is 11.6. The molecule has 0 N–H and O–H groups in total. The summed E-state index contributed by atoms with van der Waals surface area (Å²) >= 11 is 0. The van der Waals surface area contributed by atoms with Gasteiger partial charge in [-0.05, 0) is 24.2 Å². The van der Waals surface area contributed by atoms with Crippen molar-refractivity contribution in [1.82, 2.24) is 0 Å². The lowest BCUT2D eigenvalue weighted by Crippen LogP contribution is -2.18. The Morgan fingerprint density at radius 3 is 2.25 bits per heavy atom. The van der Waals surface area contributed by atoms with Gasteiger partial charge in [0.1, 0.15) is 0 Å². The Balaban J connectivity index is 3.56. The lowest BCUT2D eigenvalue weighted by Gasteiger charge is -2.29. The van der Waals surface area contributed by atoms with Crippen LogP contribution in [0, 0.1) is 23.7 Å². The van der Waals surface area contributed by atoms with Crippen LogP contribution in [0.4, 0.5) is 0 Å². The summed E-state index contributed by atoms with van der Waals surface area (Å²) in [4.78, 5) is 0. The van der Waals surface area contributed by atoms with E-state index in [2.05, 4.69) is 33.6 Å². The first-order valence-corrected chi connectivity index (χ1v) is 4.94. The maximum absolute atomic E-state index is 5.19. The standard InChI is InChI=1S/C12H22/c1-6-7-8-9-10-12(4,5)11(2)3/h1,11H,7-10H2,2-5H3. The Kier molecular flexibility index (Phi) is 5.06. The molecule has 12 heavy (non-hydrogen) atoms. The Morgan fingerprint density at radius 1 is 1.25 bits per heavy atom. The van der Waals surface area contributed by atoms with E-state index in [4.69, 9.17) is 6.42 Å². The van der Waals surface area contributed by atoms with Gasteiger partial charge < -0.3 is 0 Å². The average Bonchev–Trinajstić information content (AvgIpc) is 1.98. The van der Waals surface area contributed by atoms with Crippen molar-refractivity contribution < 1.29 is 0 Å². The number of hydrogen-bond acceptors (Lipinski definition) is 0. The predicted molar refractivity (Wildman–Crippen MR) is 55.9 cm³/mol. The molecule has 0 bridgehead atoms. The molecule has 0 amide bonds. The van der Waals surface area contributed by atoms with Crippen LogP contribution >= 0.6 is 0 Å². The zero-order chi connectivity index (χ0) is 9.61. The average molecular weight is 166 g/mol. The van der Waals surface area contributed by atoms with Gasteiger partial charge in [-0.15, -0.1) is 12.3 Å². The van der Waals surface area contributed by atoms with Gasteiger partial charge in [-0.2, -0.15) is 0 Å². The first-order valence-electron chi connectivity index (χ1n) is 4.94. The molecular formula is C12H22. The topological polar surface area (TPSA) is 0 Å². The molecule has 0 saturated heterocycles. The molecule has 0 heterocycles. The summed E-state index contributed by atoms with van der Waals surface area (Å²) in [5.41, 5.74) is 0.481. The number of terminal acetylenes is 1. The molecule has 0 spiro atoms. The van der Waals surface area contributed by atoms with Crippen molar-refractivity contribution in [2.24, 2.45) is 11.3 Å². The molecule has 70 valence electrons. The van der Waals surface area contributed by atoms with Gasteiger partial charge in [0, 0.05) is 6.42 Å². The summed E-state index contributed by atoms with van der Waals surface area (Å²) in [6, 6.07) is 0. The Labute approximate surface area is 77.8 Å². The van der Waals surface area contributed by atoms with E-state index < -0.39 is 0 Å². The van der Waals surface area contributed by atoms with Gasteiger partial charge in [0.05, 0.1) is 0 Å². The number of hydrogen-bond donors (Lipinski definition) is 0. The van der Waals surface area contributed by atoms with E-state index in [-0.39, 0.29) is 0 Å². The number of rotatable bonds is 5. The summed E-state index contributed by atoms with van der Waals surface area (Å²) in [5.74, 6) is 3.45.